The van der Waals surface area contributed by atoms with Crippen molar-refractivity contribution in [2.45, 2.75) is 25.8 Å². The van der Waals surface area contributed by atoms with E-state index in [4.69, 9.17) is 5.73 Å². The zero-order valence-corrected chi connectivity index (χ0v) is 9.62. The quantitative estimate of drug-likeness (QED) is 0.674. The highest BCUT2D eigenvalue weighted by molar-refractivity contribution is 6.13. The van der Waals surface area contributed by atoms with Crippen LogP contribution in [0.5, 0.6) is 0 Å². The molecule has 1 aromatic carbocycles. The molecular weight excluding hydrogens is 218 g/mol. The molecule has 0 aliphatic carbocycles. The van der Waals surface area contributed by atoms with E-state index in [2.05, 4.69) is 10.6 Å². The molecule has 0 fully saturated rings. The van der Waals surface area contributed by atoms with E-state index in [0.29, 0.717) is 11.4 Å². The number of anilines is 2. The van der Waals surface area contributed by atoms with Crippen molar-refractivity contribution in [3.63, 3.8) is 0 Å². The van der Waals surface area contributed by atoms with Crippen LogP contribution >= 0.6 is 0 Å². The van der Waals surface area contributed by atoms with Gasteiger partial charge in [0.25, 0.3) is 0 Å². The molecule has 1 aromatic rings. The third kappa shape index (κ3) is 2.45. The van der Waals surface area contributed by atoms with Crippen molar-refractivity contribution in [1.82, 2.24) is 0 Å². The summed E-state index contributed by atoms with van der Waals surface area (Å²) < 4.78 is 0. The lowest BCUT2D eigenvalue weighted by molar-refractivity contribution is -0.123. The number of benzene rings is 1. The van der Waals surface area contributed by atoms with Crippen LogP contribution in [-0.2, 0) is 9.59 Å². The Morgan fingerprint density at radius 2 is 1.88 bits per heavy atom. The molecule has 5 nitrogen and oxygen atoms in total. The molecule has 1 aliphatic heterocycles. The van der Waals surface area contributed by atoms with Crippen LogP contribution in [0.3, 0.4) is 0 Å². The van der Waals surface area contributed by atoms with E-state index in [-0.39, 0.29) is 24.3 Å². The summed E-state index contributed by atoms with van der Waals surface area (Å²) in [6.45, 7) is 2.00. The fourth-order valence-corrected chi connectivity index (χ4v) is 1.78. The number of hydrogen-bond acceptors (Lipinski definition) is 3. The van der Waals surface area contributed by atoms with E-state index in [1.807, 2.05) is 19.1 Å². The lowest BCUT2D eigenvalue weighted by Gasteiger charge is -2.13. The predicted molar refractivity (Wildman–Crippen MR) is 65.5 cm³/mol. The molecule has 0 spiro atoms. The van der Waals surface area contributed by atoms with E-state index in [9.17, 15) is 9.59 Å². The first-order chi connectivity index (χ1) is 8.10. The van der Waals surface area contributed by atoms with Gasteiger partial charge in [0, 0.05) is 6.04 Å². The van der Waals surface area contributed by atoms with Crippen molar-refractivity contribution in [2.75, 3.05) is 10.6 Å². The average Bonchev–Trinajstić information content (AvgIpc) is 2.43. The molecule has 90 valence electrons. The van der Waals surface area contributed by atoms with Gasteiger partial charge in [-0.2, -0.15) is 0 Å². The largest absolute Gasteiger partial charge is 0.324 e. The highest BCUT2D eigenvalue weighted by Crippen LogP contribution is 2.28. The maximum atomic E-state index is 11.4. The number of rotatable bonds is 2. The Kier molecular flexibility index (Phi) is 3.10. The second-order valence-corrected chi connectivity index (χ2v) is 4.09. The number of nitrogens with one attached hydrogen (secondary N) is 2. The molecule has 0 bridgehead atoms. The maximum Gasteiger partial charge on any atom is 0.233 e. The van der Waals surface area contributed by atoms with E-state index in [1.54, 1.807) is 6.07 Å². The summed E-state index contributed by atoms with van der Waals surface area (Å²) in [6, 6.07) is 5.39. The van der Waals surface area contributed by atoms with E-state index in [0.717, 1.165) is 12.0 Å². The Balaban J connectivity index is 2.37. The maximum absolute atomic E-state index is 11.4. The van der Waals surface area contributed by atoms with Crippen LogP contribution < -0.4 is 16.4 Å². The molecule has 0 radical (unpaired) electrons. The van der Waals surface area contributed by atoms with Gasteiger partial charge >= 0.3 is 0 Å². The van der Waals surface area contributed by atoms with Gasteiger partial charge in [-0.25, -0.2) is 0 Å². The lowest BCUT2D eigenvalue weighted by atomic mass is 10.0. The lowest BCUT2D eigenvalue weighted by Crippen LogP contribution is -2.16. The molecule has 1 atom stereocenters. The Morgan fingerprint density at radius 1 is 1.24 bits per heavy atom. The van der Waals surface area contributed by atoms with Crippen molar-refractivity contribution >= 4 is 23.2 Å². The third-order valence-electron chi connectivity index (χ3n) is 2.78. The fraction of sp³-hybridized carbons (Fsp3) is 0.333. The highest BCUT2D eigenvalue weighted by atomic mass is 16.2. The van der Waals surface area contributed by atoms with Crippen LogP contribution in [0.2, 0.25) is 0 Å². The van der Waals surface area contributed by atoms with Gasteiger partial charge in [-0.15, -0.1) is 0 Å². The molecule has 0 saturated carbocycles. The van der Waals surface area contributed by atoms with E-state index < -0.39 is 0 Å². The van der Waals surface area contributed by atoms with Crippen LogP contribution in [0.4, 0.5) is 11.4 Å². The van der Waals surface area contributed by atoms with Crippen molar-refractivity contribution in [3.8, 4) is 0 Å². The average molecular weight is 233 g/mol. The number of nitrogens with two attached hydrogens (primary N) is 1. The van der Waals surface area contributed by atoms with Crippen LogP contribution in [0.1, 0.15) is 31.4 Å². The van der Waals surface area contributed by atoms with Gasteiger partial charge in [-0.05, 0) is 24.1 Å². The molecule has 2 rings (SSSR count). The Hall–Kier alpha value is -1.88. The monoisotopic (exact) mass is 233 g/mol. The van der Waals surface area contributed by atoms with Crippen LogP contribution in [0, 0.1) is 0 Å². The topological polar surface area (TPSA) is 84.2 Å². The molecular formula is C12H15N3O2. The van der Waals surface area contributed by atoms with Gasteiger partial charge in [-0.1, -0.05) is 13.0 Å². The summed E-state index contributed by atoms with van der Waals surface area (Å²) >= 11 is 0. The second-order valence-electron chi connectivity index (χ2n) is 4.09. The van der Waals surface area contributed by atoms with Crippen molar-refractivity contribution in [1.29, 1.82) is 0 Å². The van der Waals surface area contributed by atoms with Gasteiger partial charge in [-0.3, -0.25) is 9.59 Å². The van der Waals surface area contributed by atoms with Gasteiger partial charge in [0.2, 0.25) is 11.8 Å². The van der Waals surface area contributed by atoms with Crippen LogP contribution in [0.15, 0.2) is 18.2 Å². The minimum absolute atomic E-state index is 0.0591. The zero-order chi connectivity index (χ0) is 12.4. The minimum atomic E-state index is -0.302. The van der Waals surface area contributed by atoms with Crippen molar-refractivity contribution < 1.29 is 9.59 Å². The van der Waals surface area contributed by atoms with Crippen LogP contribution in [-0.4, -0.2) is 11.8 Å². The third-order valence-corrected chi connectivity index (χ3v) is 2.78. The van der Waals surface area contributed by atoms with Gasteiger partial charge in [0.05, 0.1) is 11.4 Å². The predicted octanol–water partition coefficient (Wildman–Crippen LogP) is 1.38. The molecule has 0 unspecified atom stereocenters. The minimum Gasteiger partial charge on any atom is -0.324 e. The number of carbonyl (C=O) groups is 2. The number of carbonyl (C=O) groups excluding carboxylic acids is 2. The summed E-state index contributed by atoms with van der Waals surface area (Å²) in [5.41, 5.74) is 8.11. The number of hydrogen-bond donors (Lipinski definition) is 3. The first kappa shape index (κ1) is 11.6. The summed E-state index contributed by atoms with van der Waals surface area (Å²) in [7, 11) is 0. The molecule has 2 amide bonds. The van der Waals surface area contributed by atoms with Gasteiger partial charge < -0.3 is 16.4 Å². The Morgan fingerprint density at radius 3 is 2.53 bits per heavy atom. The standard InChI is InChI=1S/C12H15N3O2/c1-2-8(13)7-3-4-9-10(5-7)15-12(17)6-11(16)14-9/h3-5,8H,2,6,13H2,1H3,(H,14,16)(H,15,17)/t8-/m0/s1. The smallest absolute Gasteiger partial charge is 0.233 e. The second kappa shape index (κ2) is 4.55. The van der Waals surface area contributed by atoms with E-state index in [1.165, 1.54) is 0 Å². The summed E-state index contributed by atoms with van der Waals surface area (Å²) in [6.07, 6.45) is 0.670. The molecule has 4 N–H and O–H groups in total. The van der Waals surface area contributed by atoms with E-state index >= 15 is 0 Å². The van der Waals surface area contributed by atoms with Gasteiger partial charge in [0.15, 0.2) is 0 Å². The molecule has 1 aliphatic rings. The summed E-state index contributed by atoms with van der Waals surface area (Å²) in [5, 5.41) is 5.37. The molecule has 5 heteroatoms. The molecule has 0 aromatic heterocycles. The van der Waals surface area contributed by atoms with Gasteiger partial charge in [0.1, 0.15) is 6.42 Å². The highest BCUT2D eigenvalue weighted by Gasteiger charge is 2.18. The number of fused-ring (bicyclic) bond motifs is 1. The first-order valence-electron chi connectivity index (χ1n) is 5.59. The fourth-order valence-electron chi connectivity index (χ4n) is 1.78. The Labute approximate surface area is 99.4 Å². The summed E-state index contributed by atoms with van der Waals surface area (Å²) in [5.74, 6) is -0.600. The molecule has 0 saturated heterocycles. The zero-order valence-electron chi connectivity index (χ0n) is 9.62. The normalized spacial score (nSPS) is 16.6. The van der Waals surface area contributed by atoms with Crippen molar-refractivity contribution in [3.05, 3.63) is 23.8 Å². The first-order valence-corrected chi connectivity index (χ1v) is 5.59. The number of amides is 2. The summed E-state index contributed by atoms with van der Waals surface area (Å²) in [4.78, 5) is 22.7. The van der Waals surface area contributed by atoms with Crippen LogP contribution in [0.25, 0.3) is 0 Å². The van der Waals surface area contributed by atoms with Crippen molar-refractivity contribution in [2.24, 2.45) is 5.73 Å². The SMILES string of the molecule is CC[C@H](N)c1ccc2c(c1)NC(=O)CC(=O)N2. The molecule has 1 heterocycles. The Bertz CT molecular complexity index is 471. The molecule has 17 heavy (non-hydrogen) atoms.